The second kappa shape index (κ2) is 7.50. The van der Waals surface area contributed by atoms with Crippen molar-refractivity contribution < 1.29 is 4.79 Å². The van der Waals surface area contributed by atoms with Crippen LogP contribution in [0.2, 0.25) is 0 Å². The second-order valence-electron chi connectivity index (χ2n) is 6.74. The monoisotopic (exact) mass is 358 g/mol. The van der Waals surface area contributed by atoms with Gasteiger partial charge in [0.1, 0.15) is 0 Å². The summed E-state index contributed by atoms with van der Waals surface area (Å²) in [6.07, 6.45) is 7.01. The molecule has 0 fully saturated rings. The summed E-state index contributed by atoms with van der Waals surface area (Å²) in [6.45, 7) is 0.555. The van der Waals surface area contributed by atoms with E-state index < -0.39 is 0 Å². The number of amides is 1. The van der Waals surface area contributed by atoms with Crippen LogP contribution in [-0.2, 0) is 17.8 Å². The lowest BCUT2D eigenvalue weighted by Gasteiger charge is -2.16. The first kappa shape index (κ1) is 17.1. The van der Waals surface area contributed by atoms with E-state index in [1.165, 1.54) is 10.9 Å². The van der Waals surface area contributed by atoms with Gasteiger partial charge in [-0.1, -0.05) is 36.4 Å². The molecule has 2 aromatic heterocycles. The van der Waals surface area contributed by atoms with Crippen LogP contribution in [0.1, 0.15) is 17.5 Å². The van der Waals surface area contributed by atoms with Gasteiger partial charge in [0.25, 0.3) is 0 Å². The van der Waals surface area contributed by atoms with Crippen molar-refractivity contribution in [1.29, 1.82) is 0 Å². The van der Waals surface area contributed by atoms with E-state index in [0.29, 0.717) is 13.0 Å². The predicted octanol–water partition coefficient (Wildman–Crippen LogP) is 3.94. The molecule has 0 aliphatic rings. The SMILES string of the molecule is CN(Cc1cnn(-c2ccccc2)c1)C(=O)CCc1c[nH]c2ccccc12. The number of carbonyl (C=O) groups is 1. The fourth-order valence-corrected chi connectivity index (χ4v) is 3.30. The molecule has 1 N–H and O–H groups in total. The van der Waals surface area contributed by atoms with Gasteiger partial charge >= 0.3 is 0 Å². The molecule has 0 aliphatic heterocycles. The topological polar surface area (TPSA) is 53.9 Å². The minimum atomic E-state index is 0.132. The number of hydrogen-bond acceptors (Lipinski definition) is 2. The molecule has 0 aliphatic carbocycles. The normalized spacial score (nSPS) is 11.0. The fraction of sp³-hybridized carbons (Fsp3) is 0.182. The van der Waals surface area contributed by atoms with Gasteiger partial charge in [-0.05, 0) is 30.2 Å². The van der Waals surface area contributed by atoms with Crippen LogP contribution in [0, 0.1) is 0 Å². The third-order valence-electron chi connectivity index (χ3n) is 4.79. The predicted molar refractivity (Wildman–Crippen MR) is 107 cm³/mol. The Hall–Kier alpha value is -3.34. The van der Waals surface area contributed by atoms with E-state index in [9.17, 15) is 4.79 Å². The first-order chi connectivity index (χ1) is 13.2. The highest BCUT2D eigenvalue weighted by Gasteiger charge is 2.12. The Balaban J connectivity index is 1.36. The molecule has 0 atom stereocenters. The summed E-state index contributed by atoms with van der Waals surface area (Å²) in [5.41, 5.74) is 4.32. The minimum Gasteiger partial charge on any atom is -0.361 e. The molecule has 2 heterocycles. The number of aryl methyl sites for hydroxylation is 1. The van der Waals surface area contributed by atoms with Gasteiger partial charge in [-0.25, -0.2) is 4.68 Å². The third-order valence-corrected chi connectivity index (χ3v) is 4.79. The lowest BCUT2D eigenvalue weighted by atomic mass is 10.1. The van der Waals surface area contributed by atoms with Crippen LogP contribution in [-0.4, -0.2) is 32.6 Å². The van der Waals surface area contributed by atoms with Crippen LogP contribution in [0.4, 0.5) is 0 Å². The maximum atomic E-state index is 12.5. The maximum absolute atomic E-state index is 12.5. The van der Waals surface area contributed by atoms with Gasteiger partial charge < -0.3 is 9.88 Å². The summed E-state index contributed by atoms with van der Waals surface area (Å²) in [5.74, 6) is 0.132. The number of benzene rings is 2. The summed E-state index contributed by atoms with van der Waals surface area (Å²) in [7, 11) is 1.84. The van der Waals surface area contributed by atoms with Crippen molar-refractivity contribution in [1.82, 2.24) is 19.7 Å². The van der Waals surface area contributed by atoms with Crippen LogP contribution >= 0.6 is 0 Å². The van der Waals surface area contributed by atoms with E-state index in [1.807, 2.05) is 72.8 Å². The van der Waals surface area contributed by atoms with E-state index in [1.54, 1.807) is 4.90 Å². The number of para-hydroxylation sites is 2. The van der Waals surface area contributed by atoms with Crippen molar-refractivity contribution in [2.45, 2.75) is 19.4 Å². The van der Waals surface area contributed by atoms with Gasteiger partial charge in [-0.3, -0.25) is 4.79 Å². The zero-order valence-corrected chi connectivity index (χ0v) is 15.3. The van der Waals surface area contributed by atoms with Crippen LogP contribution in [0.15, 0.2) is 73.2 Å². The van der Waals surface area contributed by atoms with E-state index in [0.717, 1.165) is 23.2 Å². The standard InChI is InChI=1S/C22H22N4O/c1-25(15-17-13-24-26(16-17)19-7-3-2-4-8-19)22(27)12-11-18-14-23-21-10-6-5-9-20(18)21/h2-10,13-14,16,23H,11-12,15H2,1H3. The Bertz CT molecular complexity index is 1050. The van der Waals surface area contributed by atoms with Crippen LogP contribution in [0.25, 0.3) is 16.6 Å². The summed E-state index contributed by atoms with van der Waals surface area (Å²) in [6, 6.07) is 18.1. The number of H-pyrrole nitrogens is 1. The van der Waals surface area contributed by atoms with E-state index in [2.05, 4.69) is 22.2 Å². The zero-order valence-electron chi connectivity index (χ0n) is 15.3. The Morgan fingerprint density at radius 2 is 1.89 bits per heavy atom. The Morgan fingerprint density at radius 3 is 2.74 bits per heavy atom. The maximum Gasteiger partial charge on any atom is 0.222 e. The smallest absolute Gasteiger partial charge is 0.222 e. The average molecular weight is 358 g/mol. The van der Waals surface area contributed by atoms with Gasteiger partial charge in [-0.2, -0.15) is 5.10 Å². The van der Waals surface area contributed by atoms with Gasteiger partial charge in [0.2, 0.25) is 5.91 Å². The number of fused-ring (bicyclic) bond motifs is 1. The molecule has 2 aromatic carbocycles. The number of rotatable bonds is 6. The number of aromatic amines is 1. The molecule has 4 rings (SSSR count). The zero-order chi connectivity index (χ0) is 18.6. The van der Waals surface area contributed by atoms with E-state index >= 15 is 0 Å². The molecule has 136 valence electrons. The van der Waals surface area contributed by atoms with Crippen LogP contribution < -0.4 is 0 Å². The first-order valence-corrected chi connectivity index (χ1v) is 9.08. The summed E-state index contributed by atoms with van der Waals surface area (Å²) >= 11 is 0. The Labute approximate surface area is 158 Å². The van der Waals surface area contributed by atoms with Crippen molar-refractivity contribution in [2.24, 2.45) is 0 Å². The molecule has 27 heavy (non-hydrogen) atoms. The molecule has 5 heteroatoms. The number of nitrogens with one attached hydrogen (secondary N) is 1. The molecule has 5 nitrogen and oxygen atoms in total. The van der Waals surface area contributed by atoms with Crippen LogP contribution in [0.5, 0.6) is 0 Å². The van der Waals surface area contributed by atoms with Gasteiger partial charge in [0.15, 0.2) is 0 Å². The highest BCUT2D eigenvalue weighted by molar-refractivity contribution is 5.84. The minimum absolute atomic E-state index is 0.132. The molecule has 4 aromatic rings. The molecular weight excluding hydrogens is 336 g/mol. The lowest BCUT2D eigenvalue weighted by molar-refractivity contribution is -0.130. The third kappa shape index (κ3) is 3.77. The molecule has 0 bridgehead atoms. The number of hydrogen-bond donors (Lipinski definition) is 1. The Morgan fingerprint density at radius 1 is 1.11 bits per heavy atom. The molecule has 1 amide bonds. The molecule has 0 saturated heterocycles. The highest BCUT2D eigenvalue weighted by Crippen LogP contribution is 2.19. The van der Waals surface area contributed by atoms with Crippen molar-refractivity contribution in [2.75, 3.05) is 7.05 Å². The molecule has 0 spiro atoms. The van der Waals surface area contributed by atoms with Gasteiger partial charge in [-0.15, -0.1) is 0 Å². The van der Waals surface area contributed by atoms with Gasteiger partial charge in [0, 0.05) is 48.9 Å². The van der Waals surface area contributed by atoms with Crippen LogP contribution in [0.3, 0.4) is 0 Å². The van der Waals surface area contributed by atoms with E-state index in [-0.39, 0.29) is 5.91 Å². The summed E-state index contributed by atoms with van der Waals surface area (Å²) < 4.78 is 1.83. The number of aromatic nitrogens is 3. The fourth-order valence-electron chi connectivity index (χ4n) is 3.30. The van der Waals surface area contributed by atoms with Gasteiger partial charge in [0.05, 0.1) is 11.9 Å². The highest BCUT2D eigenvalue weighted by atomic mass is 16.2. The molecule has 0 saturated carbocycles. The molecule has 0 radical (unpaired) electrons. The number of carbonyl (C=O) groups excluding carboxylic acids is 1. The second-order valence-corrected chi connectivity index (χ2v) is 6.74. The molecule has 0 unspecified atom stereocenters. The summed E-state index contributed by atoms with van der Waals surface area (Å²) in [5, 5.41) is 5.59. The average Bonchev–Trinajstić information content (AvgIpc) is 3.34. The first-order valence-electron chi connectivity index (χ1n) is 9.08. The summed E-state index contributed by atoms with van der Waals surface area (Å²) in [4.78, 5) is 17.6. The van der Waals surface area contributed by atoms with Crippen molar-refractivity contribution in [3.05, 3.63) is 84.3 Å². The Kier molecular flexibility index (Phi) is 4.75. The van der Waals surface area contributed by atoms with E-state index in [4.69, 9.17) is 0 Å². The quantitative estimate of drug-likeness (QED) is 0.567. The van der Waals surface area contributed by atoms with Crippen molar-refractivity contribution >= 4 is 16.8 Å². The van der Waals surface area contributed by atoms with Crippen molar-refractivity contribution in [3.8, 4) is 5.69 Å². The molecular formula is C22H22N4O. The lowest BCUT2D eigenvalue weighted by Crippen LogP contribution is -2.26. The number of nitrogens with zero attached hydrogens (tertiary/aromatic N) is 3. The van der Waals surface area contributed by atoms with Crippen molar-refractivity contribution in [3.63, 3.8) is 0 Å². The largest absolute Gasteiger partial charge is 0.361 e.